The number of fused-ring (bicyclic) bond motifs is 1. The van der Waals surface area contributed by atoms with E-state index in [1.165, 1.54) is 17.0 Å². The second-order valence-corrected chi connectivity index (χ2v) is 5.14. The van der Waals surface area contributed by atoms with Crippen LogP contribution in [0.3, 0.4) is 0 Å². The Kier molecular flexibility index (Phi) is 3.87. The van der Waals surface area contributed by atoms with Gasteiger partial charge in [-0.15, -0.1) is 0 Å². The van der Waals surface area contributed by atoms with Crippen molar-refractivity contribution in [1.82, 2.24) is 14.5 Å². The van der Waals surface area contributed by atoms with Crippen LogP contribution in [0.5, 0.6) is 5.75 Å². The lowest BCUT2D eigenvalue weighted by atomic mass is 10.1. The first-order valence-corrected chi connectivity index (χ1v) is 7.37. The Hall–Kier alpha value is -2.69. The Morgan fingerprint density at radius 1 is 1.14 bits per heavy atom. The third-order valence-corrected chi connectivity index (χ3v) is 3.66. The summed E-state index contributed by atoms with van der Waals surface area (Å²) in [6, 6.07) is 9.30. The van der Waals surface area contributed by atoms with Crippen LogP contribution in [0, 0.1) is 0 Å². The van der Waals surface area contributed by atoms with Crippen LogP contribution >= 0.6 is 0 Å². The summed E-state index contributed by atoms with van der Waals surface area (Å²) in [5.74, 6) is -0.0475. The summed E-state index contributed by atoms with van der Waals surface area (Å²) in [6.07, 6.45) is 5.35. The average Bonchev–Trinajstić information content (AvgIpc) is 2.56. The molecule has 3 rings (SSSR count). The van der Waals surface area contributed by atoms with Crippen LogP contribution in [0.25, 0.3) is 16.9 Å². The van der Waals surface area contributed by atoms with Crippen molar-refractivity contribution < 1.29 is 5.11 Å². The number of hydrogen-bond donors (Lipinski definition) is 1. The first kappa shape index (κ1) is 14.3. The van der Waals surface area contributed by atoms with Gasteiger partial charge in [-0.05, 0) is 25.0 Å². The smallest absolute Gasteiger partial charge is 0.263 e. The van der Waals surface area contributed by atoms with Crippen LogP contribution in [0.2, 0.25) is 0 Å². The maximum absolute atomic E-state index is 12.8. The lowest BCUT2D eigenvalue weighted by Gasteiger charge is -2.13. The lowest BCUT2D eigenvalue weighted by molar-refractivity contribution is 0.469. The largest absolute Gasteiger partial charge is 0.505 e. The van der Waals surface area contributed by atoms with E-state index >= 15 is 0 Å². The highest BCUT2D eigenvalue weighted by Gasteiger charge is 2.18. The van der Waals surface area contributed by atoms with E-state index < -0.39 is 0 Å². The molecule has 0 aliphatic heterocycles. The molecule has 0 saturated carbocycles. The van der Waals surface area contributed by atoms with Gasteiger partial charge < -0.3 is 5.11 Å². The second kappa shape index (κ2) is 5.97. The van der Waals surface area contributed by atoms with E-state index in [0.717, 1.165) is 18.5 Å². The van der Waals surface area contributed by atoms with E-state index in [2.05, 4.69) is 9.97 Å². The predicted molar refractivity (Wildman–Crippen MR) is 85.4 cm³/mol. The van der Waals surface area contributed by atoms with Crippen molar-refractivity contribution in [1.29, 1.82) is 0 Å². The van der Waals surface area contributed by atoms with Gasteiger partial charge in [0, 0.05) is 12.4 Å². The fourth-order valence-electron chi connectivity index (χ4n) is 2.53. The predicted octanol–water partition coefficient (Wildman–Crippen LogP) is 2.83. The third kappa shape index (κ3) is 2.35. The second-order valence-electron chi connectivity index (χ2n) is 5.14. The third-order valence-electron chi connectivity index (χ3n) is 3.66. The Labute approximate surface area is 127 Å². The number of nitrogens with zero attached hydrogens (tertiary/aromatic N) is 3. The molecule has 2 heterocycles. The monoisotopic (exact) mass is 295 g/mol. The summed E-state index contributed by atoms with van der Waals surface area (Å²) >= 11 is 0. The van der Waals surface area contributed by atoms with Gasteiger partial charge in [0.1, 0.15) is 5.52 Å². The molecule has 3 aromatic rings. The molecule has 0 aliphatic rings. The first-order chi connectivity index (χ1) is 10.7. The molecule has 5 nitrogen and oxygen atoms in total. The summed E-state index contributed by atoms with van der Waals surface area (Å²) < 4.78 is 1.52. The van der Waals surface area contributed by atoms with E-state index in [9.17, 15) is 9.90 Å². The Balaban J connectivity index is 2.37. The standard InChI is InChI=1S/C17H17N3O2/c1-2-3-9-13-15(21)14-16(19-11-10-18-14)20(17(13)22)12-7-5-4-6-8-12/h4-8,10-11,21H,2-3,9H2,1H3. The molecule has 1 N–H and O–H groups in total. The van der Waals surface area contributed by atoms with Crippen molar-refractivity contribution in [2.45, 2.75) is 26.2 Å². The highest BCUT2D eigenvalue weighted by atomic mass is 16.3. The van der Waals surface area contributed by atoms with E-state index in [-0.39, 0.29) is 11.3 Å². The summed E-state index contributed by atoms with van der Waals surface area (Å²) in [5, 5.41) is 10.4. The van der Waals surface area contributed by atoms with Crippen molar-refractivity contribution in [3.05, 3.63) is 58.6 Å². The van der Waals surface area contributed by atoms with Crippen molar-refractivity contribution in [2.75, 3.05) is 0 Å². The quantitative estimate of drug-likeness (QED) is 0.803. The number of benzene rings is 1. The highest BCUT2D eigenvalue weighted by Crippen LogP contribution is 2.25. The molecular weight excluding hydrogens is 278 g/mol. The minimum atomic E-state index is -0.231. The number of rotatable bonds is 4. The van der Waals surface area contributed by atoms with Gasteiger partial charge in [-0.1, -0.05) is 31.5 Å². The van der Waals surface area contributed by atoms with Crippen molar-refractivity contribution in [3.63, 3.8) is 0 Å². The van der Waals surface area contributed by atoms with Crippen molar-refractivity contribution in [3.8, 4) is 11.4 Å². The minimum Gasteiger partial charge on any atom is -0.505 e. The number of hydrogen-bond acceptors (Lipinski definition) is 4. The van der Waals surface area contributed by atoms with Gasteiger partial charge in [-0.3, -0.25) is 9.36 Å². The number of aromatic nitrogens is 3. The highest BCUT2D eigenvalue weighted by molar-refractivity contribution is 5.80. The zero-order valence-electron chi connectivity index (χ0n) is 12.4. The van der Waals surface area contributed by atoms with Gasteiger partial charge in [0.25, 0.3) is 5.56 Å². The van der Waals surface area contributed by atoms with Crippen molar-refractivity contribution in [2.24, 2.45) is 0 Å². The number of unbranched alkanes of at least 4 members (excludes halogenated alkanes) is 1. The first-order valence-electron chi connectivity index (χ1n) is 7.37. The van der Waals surface area contributed by atoms with Crippen LogP contribution in [0.15, 0.2) is 47.5 Å². The van der Waals surface area contributed by atoms with Gasteiger partial charge in [0.05, 0.1) is 11.3 Å². The maximum Gasteiger partial charge on any atom is 0.263 e. The van der Waals surface area contributed by atoms with Gasteiger partial charge in [0.2, 0.25) is 0 Å². The molecule has 0 amide bonds. The normalized spacial score (nSPS) is 11.0. The zero-order valence-corrected chi connectivity index (χ0v) is 12.4. The molecule has 0 fully saturated rings. The summed E-state index contributed by atoms with van der Waals surface area (Å²) in [4.78, 5) is 21.3. The van der Waals surface area contributed by atoms with Crippen LogP contribution in [-0.2, 0) is 6.42 Å². The van der Waals surface area contributed by atoms with E-state index in [1.54, 1.807) is 0 Å². The molecule has 5 heteroatoms. The summed E-state index contributed by atoms with van der Waals surface area (Å²) in [7, 11) is 0. The molecule has 22 heavy (non-hydrogen) atoms. The summed E-state index contributed by atoms with van der Waals surface area (Å²) in [5.41, 5.74) is 1.62. The topological polar surface area (TPSA) is 68.0 Å². The van der Waals surface area contributed by atoms with Crippen LogP contribution in [0.1, 0.15) is 25.3 Å². The molecule has 0 aliphatic carbocycles. The van der Waals surface area contributed by atoms with E-state index in [1.807, 2.05) is 37.3 Å². The summed E-state index contributed by atoms with van der Waals surface area (Å²) in [6.45, 7) is 2.05. The molecule has 2 aromatic heterocycles. The average molecular weight is 295 g/mol. The minimum absolute atomic E-state index is 0.0475. The van der Waals surface area contributed by atoms with Crippen LogP contribution < -0.4 is 5.56 Å². The molecule has 0 saturated heterocycles. The lowest BCUT2D eigenvalue weighted by Crippen LogP contribution is -2.24. The maximum atomic E-state index is 12.8. The van der Waals surface area contributed by atoms with Gasteiger partial charge in [-0.25, -0.2) is 9.97 Å². The van der Waals surface area contributed by atoms with Gasteiger partial charge in [-0.2, -0.15) is 0 Å². The van der Waals surface area contributed by atoms with Gasteiger partial charge in [0.15, 0.2) is 11.4 Å². The SMILES string of the molecule is CCCCc1c(O)c2nccnc2n(-c2ccccc2)c1=O. The zero-order chi connectivity index (χ0) is 15.5. The molecule has 0 atom stereocenters. The fourth-order valence-corrected chi connectivity index (χ4v) is 2.53. The molecule has 0 unspecified atom stereocenters. The Bertz CT molecular complexity index is 857. The Morgan fingerprint density at radius 2 is 1.86 bits per heavy atom. The van der Waals surface area contributed by atoms with Gasteiger partial charge >= 0.3 is 0 Å². The molecule has 0 bridgehead atoms. The molecule has 0 spiro atoms. The van der Waals surface area contributed by atoms with Crippen LogP contribution in [-0.4, -0.2) is 19.6 Å². The number of para-hydroxylation sites is 1. The molecular formula is C17H17N3O2. The number of aromatic hydroxyl groups is 1. The molecule has 0 radical (unpaired) electrons. The molecule has 112 valence electrons. The van der Waals surface area contributed by atoms with E-state index in [0.29, 0.717) is 23.1 Å². The van der Waals surface area contributed by atoms with E-state index in [4.69, 9.17) is 0 Å². The van der Waals surface area contributed by atoms with Crippen molar-refractivity contribution >= 4 is 11.2 Å². The Morgan fingerprint density at radius 3 is 2.59 bits per heavy atom. The number of pyridine rings is 1. The fraction of sp³-hybridized carbons (Fsp3) is 0.235. The van der Waals surface area contributed by atoms with Crippen LogP contribution in [0.4, 0.5) is 0 Å². The molecule has 1 aromatic carbocycles.